The maximum Gasteiger partial charge on any atom is 0.189 e. The highest BCUT2D eigenvalue weighted by Crippen LogP contribution is 2.08. The van der Waals surface area contributed by atoms with E-state index in [9.17, 15) is 0 Å². The van der Waals surface area contributed by atoms with Crippen molar-refractivity contribution in [2.75, 3.05) is 21.1 Å². The Morgan fingerprint density at radius 2 is 1.62 bits per heavy atom. The summed E-state index contributed by atoms with van der Waals surface area (Å²) in [6, 6.07) is 9.95. The lowest BCUT2D eigenvalue weighted by Crippen LogP contribution is -3.00. The van der Waals surface area contributed by atoms with Gasteiger partial charge < -0.3 is 24.0 Å². The molecule has 1 aromatic carbocycles. The molecular formula is C10H15IN2. The Balaban J connectivity index is 0.00000144. The monoisotopic (exact) mass is 290 g/mol. The number of quaternary nitrogens is 1. The van der Waals surface area contributed by atoms with E-state index in [2.05, 4.69) is 26.1 Å². The van der Waals surface area contributed by atoms with E-state index in [0.29, 0.717) is 0 Å². The van der Waals surface area contributed by atoms with Gasteiger partial charge in [0, 0.05) is 0 Å². The van der Waals surface area contributed by atoms with Gasteiger partial charge in [0.1, 0.15) is 0 Å². The largest absolute Gasteiger partial charge is 1.00 e. The molecule has 0 aliphatic carbocycles. The maximum atomic E-state index is 4.32. The van der Waals surface area contributed by atoms with Gasteiger partial charge in [0.25, 0.3) is 0 Å². The van der Waals surface area contributed by atoms with Crippen LogP contribution in [0.25, 0.3) is 0 Å². The molecule has 0 bridgehead atoms. The number of rotatable bonds is 2. The van der Waals surface area contributed by atoms with Crippen LogP contribution in [0.5, 0.6) is 0 Å². The van der Waals surface area contributed by atoms with Crippen LogP contribution in [0, 0.1) is 0 Å². The number of para-hydroxylation sites is 1. The van der Waals surface area contributed by atoms with Crippen LogP contribution in [0.4, 0.5) is 5.69 Å². The number of benzene rings is 1. The van der Waals surface area contributed by atoms with Gasteiger partial charge in [0.05, 0.1) is 26.8 Å². The van der Waals surface area contributed by atoms with Crippen molar-refractivity contribution >= 4 is 12.0 Å². The second-order valence-electron chi connectivity index (χ2n) is 3.70. The smallest absolute Gasteiger partial charge is 0.189 e. The fourth-order valence-electron chi connectivity index (χ4n) is 0.754. The molecule has 0 amide bonds. The zero-order valence-electron chi connectivity index (χ0n) is 8.24. The Morgan fingerprint density at radius 1 is 1.08 bits per heavy atom. The molecule has 1 aromatic rings. The van der Waals surface area contributed by atoms with E-state index < -0.39 is 0 Å². The molecule has 0 radical (unpaired) electrons. The molecule has 0 heterocycles. The zero-order chi connectivity index (χ0) is 9.03. The first-order valence-electron chi connectivity index (χ1n) is 3.99. The van der Waals surface area contributed by atoms with Crippen LogP contribution in [-0.4, -0.2) is 32.0 Å². The Hall–Kier alpha value is -0.420. The van der Waals surface area contributed by atoms with Crippen molar-refractivity contribution in [3.05, 3.63) is 30.3 Å². The molecule has 0 fully saturated rings. The Kier molecular flexibility index (Phi) is 5.17. The number of nitrogens with zero attached hydrogens (tertiary/aromatic N) is 2. The highest BCUT2D eigenvalue weighted by Gasteiger charge is 2.00. The summed E-state index contributed by atoms with van der Waals surface area (Å²) in [5, 5.41) is 0. The van der Waals surface area contributed by atoms with Crippen molar-refractivity contribution in [1.82, 2.24) is 0 Å². The molecule has 0 spiro atoms. The molecule has 0 aliphatic heterocycles. The fourth-order valence-corrected chi connectivity index (χ4v) is 0.754. The average molecular weight is 290 g/mol. The van der Waals surface area contributed by atoms with Crippen molar-refractivity contribution in [3.8, 4) is 0 Å². The Labute approximate surface area is 96.9 Å². The minimum absolute atomic E-state index is 0. The lowest BCUT2D eigenvalue weighted by Gasteiger charge is -2.15. The third-order valence-electron chi connectivity index (χ3n) is 1.31. The lowest BCUT2D eigenvalue weighted by atomic mass is 10.3. The minimum Gasteiger partial charge on any atom is -1.00 e. The molecule has 0 aromatic heterocycles. The molecule has 13 heavy (non-hydrogen) atoms. The predicted molar refractivity (Wildman–Crippen MR) is 52.6 cm³/mol. The molecule has 3 heteroatoms. The van der Waals surface area contributed by atoms with Crippen molar-refractivity contribution < 1.29 is 28.5 Å². The third kappa shape index (κ3) is 5.76. The number of aliphatic imine (C=N–C) groups is 1. The molecule has 0 unspecified atom stereocenters. The summed E-state index contributed by atoms with van der Waals surface area (Å²) in [7, 11) is 6.23. The summed E-state index contributed by atoms with van der Waals surface area (Å²) in [6.07, 6.45) is 1.91. The second kappa shape index (κ2) is 5.34. The van der Waals surface area contributed by atoms with Crippen molar-refractivity contribution in [2.24, 2.45) is 4.99 Å². The molecule has 0 saturated carbocycles. The molecule has 0 aliphatic rings. The number of halogens is 1. The second-order valence-corrected chi connectivity index (χ2v) is 3.70. The van der Waals surface area contributed by atoms with Crippen molar-refractivity contribution in [1.29, 1.82) is 0 Å². The van der Waals surface area contributed by atoms with Crippen LogP contribution in [0.15, 0.2) is 35.3 Å². The van der Waals surface area contributed by atoms with Crippen LogP contribution in [-0.2, 0) is 0 Å². The highest BCUT2D eigenvalue weighted by atomic mass is 127. The van der Waals surface area contributed by atoms with Gasteiger partial charge in [-0.2, -0.15) is 0 Å². The maximum absolute atomic E-state index is 4.32. The van der Waals surface area contributed by atoms with E-state index in [-0.39, 0.29) is 24.0 Å². The SMILES string of the molecule is C[N+](C)(C)C=Nc1ccccc1.[I-]. The minimum atomic E-state index is 0. The van der Waals surface area contributed by atoms with Gasteiger partial charge in [-0.25, -0.2) is 4.99 Å². The van der Waals surface area contributed by atoms with E-state index in [0.717, 1.165) is 10.2 Å². The van der Waals surface area contributed by atoms with Gasteiger partial charge in [-0.3, -0.25) is 4.48 Å². The van der Waals surface area contributed by atoms with Crippen LogP contribution in [0.1, 0.15) is 0 Å². The lowest BCUT2D eigenvalue weighted by molar-refractivity contribution is -0.769. The highest BCUT2D eigenvalue weighted by molar-refractivity contribution is 5.54. The molecule has 0 saturated heterocycles. The Morgan fingerprint density at radius 3 is 2.08 bits per heavy atom. The van der Waals surface area contributed by atoms with Crippen molar-refractivity contribution in [3.63, 3.8) is 0 Å². The quantitative estimate of drug-likeness (QED) is 0.288. The number of hydrogen-bond donors (Lipinski definition) is 0. The summed E-state index contributed by atoms with van der Waals surface area (Å²) in [4.78, 5) is 4.32. The number of hydrogen-bond acceptors (Lipinski definition) is 1. The van der Waals surface area contributed by atoms with Gasteiger partial charge in [0.2, 0.25) is 0 Å². The van der Waals surface area contributed by atoms with E-state index in [1.165, 1.54) is 0 Å². The standard InChI is InChI=1S/C10H15N2.HI/c1-12(2,3)9-11-10-7-5-4-6-8-10;/h4-9H,1-3H3;1H/q+1;/p-1. The van der Waals surface area contributed by atoms with Crippen LogP contribution in [0.2, 0.25) is 0 Å². The van der Waals surface area contributed by atoms with Crippen LogP contribution < -0.4 is 24.0 Å². The molecule has 72 valence electrons. The summed E-state index contributed by atoms with van der Waals surface area (Å²) in [5.41, 5.74) is 1.01. The average Bonchev–Trinajstić information content (AvgIpc) is 2.02. The normalized spacial score (nSPS) is 11.3. The van der Waals surface area contributed by atoms with E-state index >= 15 is 0 Å². The molecule has 1 rings (SSSR count). The van der Waals surface area contributed by atoms with E-state index in [1.54, 1.807) is 0 Å². The topological polar surface area (TPSA) is 12.4 Å². The molecule has 0 N–H and O–H groups in total. The van der Waals surface area contributed by atoms with E-state index in [1.807, 2.05) is 36.7 Å². The van der Waals surface area contributed by atoms with Gasteiger partial charge in [-0.05, 0) is 12.1 Å². The first kappa shape index (κ1) is 12.6. The van der Waals surface area contributed by atoms with Gasteiger partial charge in [0.15, 0.2) is 6.34 Å². The molecular weight excluding hydrogens is 275 g/mol. The first-order valence-corrected chi connectivity index (χ1v) is 3.99. The predicted octanol–water partition coefficient (Wildman–Crippen LogP) is -0.943. The third-order valence-corrected chi connectivity index (χ3v) is 1.31. The molecule has 2 nitrogen and oxygen atoms in total. The zero-order valence-corrected chi connectivity index (χ0v) is 10.4. The Bertz CT molecular complexity index is 262. The summed E-state index contributed by atoms with van der Waals surface area (Å²) in [5.74, 6) is 0. The summed E-state index contributed by atoms with van der Waals surface area (Å²) < 4.78 is 0.745. The van der Waals surface area contributed by atoms with Gasteiger partial charge >= 0.3 is 0 Å². The fraction of sp³-hybridized carbons (Fsp3) is 0.300. The molecule has 0 atom stereocenters. The van der Waals surface area contributed by atoms with E-state index in [4.69, 9.17) is 0 Å². The van der Waals surface area contributed by atoms with Crippen molar-refractivity contribution in [2.45, 2.75) is 0 Å². The summed E-state index contributed by atoms with van der Waals surface area (Å²) in [6.45, 7) is 0. The first-order chi connectivity index (χ1) is 5.58. The van der Waals surface area contributed by atoms with Gasteiger partial charge in [-0.15, -0.1) is 0 Å². The summed E-state index contributed by atoms with van der Waals surface area (Å²) >= 11 is 0. The van der Waals surface area contributed by atoms with Gasteiger partial charge in [-0.1, -0.05) is 18.2 Å². The van der Waals surface area contributed by atoms with Crippen LogP contribution in [0.3, 0.4) is 0 Å². The van der Waals surface area contributed by atoms with Crippen LogP contribution >= 0.6 is 0 Å².